The van der Waals surface area contributed by atoms with E-state index in [2.05, 4.69) is 71.6 Å². The lowest BCUT2D eigenvalue weighted by Gasteiger charge is -2.43. The lowest BCUT2D eigenvalue weighted by Crippen LogP contribution is -2.58. The highest BCUT2D eigenvalue weighted by atomic mass is 35.5. The molecular weight excluding hydrogens is 468 g/mol. The highest BCUT2D eigenvalue weighted by Crippen LogP contribution is 2.46. The van der Waals surface area contributed by atoms with Crippen molar-refractivity contribution < 1.29 is 9.63 Å². The van der Waals surface area contributed by atoms with E-state index in [0.29, 0.717) is 24.5 Å². The molecule has 4 aromatic carbocycles. The van der Waals surface area contributed by atoms with Crippen LogP contribution in [0.4, 0.5) is 0 Å². The van der Waals surface area contributed by atoms with Crippen molar-refractivity contribution in [1.82, 2.24) is 4.90 Å². The summed E-state index contributed by atoms with van der Waals surface area (Å²) < 4.78 is 0. The summed E-state index contributed by atoms with van der Waals surface area (Å²) in [6, 6.07) is 32.8. The first-order valence-electron chi connectivity index (χ1n) is 12.4. The first-order chi connectivity index (χ1) is 17.6. The highest BCUT2D eigenvalue weighted by Gasteiger charge is 2.58. The number of carbonyl (C=O) groups excluding carboxylic acids is 1. The summed E-state index contributed by atoms with van der Waals surface area (Å²) in [6.07, 6.45) is 0.419. The summed E-state index contributed by atoms with van der Waals surface area (Å²) in [5.74, 6) is -0.243. The van der Waals surface area contributed by atoms with E-state index >= 15 is 0 Å². The molecule has 1 unspecified atom stereocenters. The number of hydrogen-bond donors (Lipinski definition) is 0. The van der Waals surface area contributed by atoms with Crippen LogP contribution in [0.3, 0.4) is 0 Å². The number of hydrogen-bond acceptors (Lipinski definition) is 4. The van der Waals surface area contributed by atoms with Crippen molar-refractivity contribution in [2.45, 2.75) is 30.9 Å². The van der Waals surface area contributed by atoms with Crippen LogP contribution in [0.5, 0.6) is 0 Å². The fourth-order valence-corrected chi connectivity index (χ4v) is 5.85. The number of likely N-dealkylation sites (tertiary alicyclic amines) is 1. The Morgan fingerprint density at radius 2 is 1.67 bits per heavy atom. The molecule has 0 aromatic heterocycles. The first kappa shape index (κ1) is 23.0. The third kappa shape index (κ3) is 3.82. The van der Waals surface area contributed by atoms with E-state index in [1.54, 1.807) is 0 Å². The van der Waals surface area contributed by atoms with Gasteiger partial charge in [0.05, 0.1) is 11.6 Å². The monoisotopic (exact) mass is 494 g/mol. The lowest BCUT2D eigenvalue weighted by atomic mass is 9.71. The van der Waals surface area contributed by atoms with Crippen LogP contribution < -0.4 is 0 Å². The Kier molecular flexibility index (Phi) is 5.87. The standard InChI is InChI=1S/C31H27ClN2O2/c1-21(22-8-3-2-4-9-22)34-19-18-28(35)31(20-34)29(27-13-7-11-23-10-5-6-12-26(23)27)30(33-36-31)24-14-16-25(32)17-15-24/h2-17,21,29H,18-20H2,1H3/t21-,29-,31?/m1/s1. The van der Waals surface area contributed by atoms with Gasteiger partial charge in [-0.25, -0.2) is 0 Å². The second kappa shape index (κ2) is 9.20. The summed E-state index contributed by atoms with van der Waals surface area (Å²) in [4.78, 5) is 22.5. The molecule has 2 aliphatic heterocycles. The van der Waals surface area contributed by atoms with E-state index in [1.807, 2.05) is 42.5 Å². The summed E-state index contributed by atoms with van der Waals surface area (Å²) in [7, 11) is 0. The fourth-order valence-electron chi connectivity index (χ4n) is 5.73. The smallest absolute Gasteiger partial charge is 0.220 e. The van der Waals surface area contributed by atoms with Crippen molar-refractivity contribution in [3.8, 4) is 0 Å². The van der Waals surface area contributed by atoms with Crippen LogP contribution in [0.15, 0.2) is 102 Å². The summed E-state index contributed by atoms with van der Waals surface area (Å²) >= 11 is 6.20. The summed E-state index contributed by atoms with van der Waals surface area (Å²) in [6.45, 7) is 3.36. The Labute approximate surface area is 216 Å². The molecule has 4 aromatic rings. The molecule has 0 radical (unpaired) electrons. The van der Waals surface area contributed by atoms with Crippen LogP contribution in [0.2, 0.25) is 5.02 Å². The number of Topliss-reactive ketones (excluding diaryl/α,β-unsaturated/α-hetero) is 1. The van der Waals surface area contributed by atoms with Crippen molar-refractivity contribution in [1.29, 1.82) is 0 Å². The first-order valence-corrected chi connectivity index (χ1v) is 12.8. The number of fused-ring (bicyclic) bond motifs is 1. The van der Waals surface area contributed by atoms with Crippen molar-refractivity contribution in [3.63, 3.8) is 0 Å². The van der Waals surface area contributed by atoms with Gasteiger partial charge < -0.3 is 4.84 Å². The minimum atomic E-state index is -1.10. The zero-order valence-electron chi connectivity index (χ0n) is 20.1. The van der Waals surface area contributed by atoms with E-state index in [4.69, 9.17) is 16.4 Å². The fraction of sp³-hybridized carbons (Fsp3) is 0.226. The van der Waals surface area contributed by atoms with Crippen molar-refractivity contribution in [2.24, 2.45) is 5.16 Å². The zero-order chi connectivity index (χ0) is 24.7. The molecule has 5 heteroatoms. The average molecular weight is 495 g/mol. The Bertz CT molecular complexity index is 1450. The minimum absolute atomic E-state index is 0.102. The molecule has 0 bridgehead atoms. The molecule has 1 fully saturated rings. The number of benzene rings is 4. The van der Waals surface area contributed by atoms with Gasteiger partial charge in [0, 0.05) is 36.1 Å². The van der Waals surface area contributed by atoms with Gasteiger partial charge in [0.25, 0.3) is 0 Å². The van der Waals surface area contributed by atoms with Gasteiger partial charge >= 0.3 is 0 Å². The zero-order valence-corrected chi connectivity index (χ0v) is 20.9. The number of nitrogens with zero attached hydrogens (tertiary/aromatic N) is 2. The van der Waals surface area contributed by atoms with Crippen molar-refractivity contribution in [2.75, 3.05) is 13.1 Å². The molecule has 3 atom stereocenters. The van der Waals surface area contributed by atoms with Gasteiger partial charge in [0.2, 0.25) is 5.60 Å². The van der Waals surface area contributed by atoms with Gasteiger partial charge in [0.1, 0.15) is 0 Å². The van der Waals surface area contributed by atoms with Gasteiger partial charge in [0.15, 0.2) is 5.78 Å². The average Bonchev–Trinajstić information content (AvgIpc) is 3.30. The van der Waals surface area contributed by atoms with Crippen LogP contribution in [-0.2, 0) is 9.63 Å². The Morgan fingerprint density at radius 1 is 0.944 bits per heavy atom. The maximum atomic E-state index is 13.8. The van der Waals surface area contributed by atoms with Crippen molar-refractivity contribution in [3.05, 3.63) is 119 Å². The van der Waals surface area contributed by atoms with E-state index < -0.39 is 5.60 Å². The maximum Gasteiger partial charge on any atom is 0.220 e. The Balaban J connectivity index is 1.48. The van der Waals surface area contributed by atoms with Crippen LogP contribution in [-0.4, -0.2) is 35.1 Å². The SMILES string of the molecule is C[C@H](c1ccccc1)N1CCC(=O)C2(C1)ON=C(c1ccc(Cl)cc1)[C@H]2c1cccc2ccccc12. The number of ketones is 1. The molecule has 0 N–H and O–H groups in total. The van der Waals surface area contributed by atoms with Gasteiger partial charge in [-0.15, -0.1) is 0 Å². The predicted molar refractivity (Wildman–Crippen MR) is 145 cm³/mol. The molecule has 1 saturated heterocycles. The summed E-state index contributed by atoms with van der Waals surface area (Å²) in [5, 5.41) is 7.52. The van der Waals surface area contributed by atoms with E-state index in [0.717, 1.165) is 27.6 Å². The van der Waals surface area contributed by atoms with Gasteiger partial charge in [-0.2, -0.15) is 0 Å². The van der Waals surface area contributed by atoms with E-state index in [9.17, 15) is 4.79 Å². The molecule has 4 nitrogen and oxygen atoms in total. The van der Waals surface area contributed by atoms with E-state index in [1.165, 1.54) is 5.56 Å². The lowest BCUT2D eigenvalue weighted by molar-refractivity contribution is -0.153. The molecule has 2 heterocycles. The number of halogens is 1. The third-order valence-corrected chi connectivity index (χ3v) is 7.94. The maximum absolute atomic E-state index is 13.8. The van der Waals surface area contributed by atoms with Gasteiger partial charge in [-0.05, 0) is 41.0 Å². The molecule has 6 rings (SSSR count). The van der Waals surface area contributed by atoms with Crippen LogP contribution in [0, 0.1) is 0 Å². The number of rotatable bonds is 4. The molecular formula is C31H27ClN2O2. The molecule has 0 amide bonds. The molecule has 0 saturated carbocycles. The molecule has 1 spiro atoms. The predicted octanol–water partition coefficient (Wildman–Crippen LogP) is 6.79. The Morgan fingerprint density at radius 3 is 2.47 bits per heavy atom. The molecule has 2 aliphatic rings. The van der Waals surface area contributed by atoms with Crippen LogP contribution >= 0.6 is 11.6 Å². The summed E-state index contributed by atoms with van der Waals surface area (Å²) in [5.41, 5.74) is 2.86. The second-order valence-electron chi connectivity index (χ2n) is 9.70. The number of oxime groups is 1. The van der Waals surface area contributed by atoms with Gasteiger partial charge in [-0.1, -0.05) is 102 Å². The quantitative estimate of drug-likeness (QED) is 0.314. The molecule has 0 aliphatic carbocycles. The topological polar surface area (TPSA) is 41.9 Å². The minimum Gasteiger partial charge on any atom is -0.378 e. The van der Waals surface area contributed by atoms with Crippen LogP contribution in [0.25, 0.3) is 10.8 Å². The highest BCUT2D eigenvalue weighted by molar-refractivity contribution is 6.30. The molecule has 36 heavy (non-hydrogen) atoms. The van der Waals surface area contributed by atoms with E-state index in [-0.39, 0.29) is 17.7 Å². The van der Waals surface area contributed by atoms with Crippen LogP contribution in [0.1, 0.15) is 42.0 Å². The largest absolute Gasteiger partial charge is 0.378 e. The molecule has 180 valence electrons. The normalized spacial score (nSPS) is 23.0. The third-order valence-electron chi connectivity index (χ3n) is 7.69. The Hall–Kier alpha value is -3.47. The second-order valence-corrected chi connectivity index (χ2v) is 10.1. The van der Waals surface area contributed by atoms with Gasteiger partial charge in [-0.3, -0.25) is 9.69 Å². The van der Waals surface area contributed by atoms with Crippen molar-refractivity contribution >= 4 is 33.9 Å². The number of carbonyl (C=O) groups is 1. The number of piperidine rings is 1.